The Hall–Kier alpha value is -0.407. The van der Waals surface area contributed by atoms with Crippen LogP contribution in [0.15, 0.2) is 22.7 Å². The fourth-order valence-corrected chi connectivity index (χ4v) is 1.04. The van der Waals surface area contributed by atoms with Crippen LogP contribution in [0.25, 0.3) is 0 Å². The number of halogens is 1. The third-order valence-electron chi connectivity index (χ3n) is 1.19. The first kappa shape index (κ1) is 11.6. The molecule has 1 aromatic carbocycles. The maximum atomic E-state index is 10.4. The van der Waals surface area contributed by atoms with Crippen LogP contribution in [0, 0.1) is 0 Å². The summed E-state index contributed by atoms with van der Waals surface area (Å²) in [7, 11) is 0. The number of carbonyl (C=O) groups is 1. The van der Waals surface area contributed by atoms with E-state index in [1.807, 2.05) is 0 Å². The van der Waals surface area contributed by atoms with E-state index in [-0.39, 0.29) is 30.8 Å². The first-order valence-electron chi connectivity index (χ1n) is 2.83. The summed E-state index contributed by atoms with van der Waals surface area (Å²) in [6.45, 7) is 0. The van der Waals surface area contributed by atoms with Crippen molar-refractivity contribution in [3.63, 3.8) is 0 Å². The number of rotatable bonds is 1. The van der Waals surface area contributed by atoms with Crippen LogP contribution >= 0.6 is 15.9 Å². The Bertz CT molecular complexity index is 301. The SMILES string of the molecule is O=C(O)c1cc(Br)ccc1O.[Zn+2]. The molecule has 0 heterocycles. The van der Waals surface area contributed by atoms with Gasteiger partial charge >= 0.3 is 25.4 Å². The maximum Gasteiger partial charge on any atom is 2.00 e. The Morgan fingerprint density at radius 2 is 2.00 bits per heavy atom. The van der Waals surface area contributed by atoms with Crippen molar-refractivity contribution in [2.75, 3.05) is 0 Å². The molecule has 5 heteroatoms. The van der Waals surface area contributed by atoms with E-state index in [4.69, 9.17) is 10.2 Å². The molecule has 12 heavy (non-hydrogen) atoms. The molecule has 0 fully saturated rings. The molecule has 0 bridgehead atoms. The summed E-state index contributed by atoms with van der Waals surface area (Å²) in [5.41, 5.74) is -0.0978. The largest absolute Gasteiger partial charge is 2.00 e. The third kappa shape index (κ3) is 2.57. The summed E-state index contributed by atoms with van der Waals surface area (Å²) in [6, 6.07) is 4.24. The van der Waals surface area contributed by atoms with Gasteiger partial charge in [0.1, 0.15) is 11.3 Å². The molecule has 0 unspecified atom stereocenters. The second-order valence-corrected chi connectivity index (χ2v) is 2.88. The summed E-state index contributed by atoms with van der Waals surface area (Å²) >= 11 is 3.09. The third-order valence-corrected chi connectivity index (χ3v) is 1.68. The maximum absolute atomic E-state index is 10.4. The van der Waals surface area contributed by atoms with Gasteiger partial charge in [0.15, 0.2) is 0 Å². The zero-order chi connectivity index (χ0) is 8.43. The molecule has 1 aromatic rings. The van der Waals surface area contributed by atoms with Crippen molar-refractivity contribution in [3.05, 3.63) is 28.2 Å². The van der Waals surface area contributed by atoms with E-state index < -0.39 is 5.97 Å². The van der Waals surface area contributed by atoms with Crippen LogP contribution in [-0.2, 0) is 19.5 Å². The van der Waals surface area contributed by atoms with E-state index >= 15 is 0 Å². The number of carboxylic acid groups (broad SMARTS) is 1. The van der Waals surface area contributed by atoms with Crippen molar-refractivity contribution in [2.24, 2.45) is 0 Å². The second kappa shape index (κ2) is 4.58. The van der Waals surface area contributed by atoms with Gasteiger partial charge in [0, 0.05) is 4.47 Å². The second-order valence-electron chi connectivity index (χ2n) is 1.97. The number of hydrogen-bond acceptors (Lipinski definition) is 2. The number of hydrogen-bond donors (Lipinski definition) is 2. The normalized spacial score (nSPS) is 8.75. The number of benzene rings is 1. The van der Waals surface area contributed by atoms with Gasteiger partial charge < -0.3 is 10.2 Å². The summed E-state index contributed by atoms with van der Waals surface area (Å²) < 4.78 is 0.632. The molecule has 0 saturated carbocycles. The van der Waals surface area contributed by atoms with Crippen LogP contribution in [0.5, 0.6) is 5.75 Å². The van der Waals surface area contributed by atoms with Gasteiger partial charge in [-0.15, -0.1) is 0 Å². The Kier molecular flexibility index (Phi) is 4.42. The fourth-order valence-electron chi connectivity index (χ4n) is 0.680. The van der Waals surface area contributed by atoms with Crippen LogP contribution in [0.4, 0.5) is 0 Å². The van der Waals surface area contributed by atoms with E-state index in [1.165, 1.54) is 12.1 Å². The van der Waals surface area contributed by atoms with E-state index in [1.54, 1.807) is 6.07 Å². The summed E-state index contributed by atoms with van der Waals surface area (Å²) in [5, 5.41) is 17.5. The van der Waals surface area contributed by atoms with Gasteiger partial charge in [0.2, 0.25) is 0 Å². The van der Waals surface area contributed by atoms with Crippen molar-refractivity contribution in [2.45, 2.75) is 0 Å². The minimum atomic E-state index is -1.14. The predicted octanol–water partition coefficient (Wildman–Crippen LogP) is 1.85. The smallest absolute Gasteiger partial charge is 0.507 e. The molecule has 0 atom stereocenters. The van der Waals surface area contributed by atoms with Gasteiger partial charge in [-0.2, -0.15) is 0 Å². The summed E-state index contributed by atoms with van der Waals surface area (Å²) in [4.78, 5) is 10.4. The first-order chi connectivity index (χ1) is 5.11. The van der Waals surface area contributed by atoms with Crippen molar-refractivity contribution in [1.82, 2.24) is 0 Å². The minimum absolute atomic E-state index is 0. The van der Waals surface area contributed by atoms with Crippen molar-refractivity contribution < 1.29 is 34.5 Å². The summed E-state index contributed by atoms with van der Waals surface area (Å²) in [5.74, 6) is -1.36. The van der Waals surface area contributed by atoms with Crippen molar-refractivity contribution in [1.29, 1.82) is 0 Å². The zero-order valence-corrected chi connectivity index (χ0v) is 10.7. The molecule has 0 aliphatic rings. The molecule has 1 rings (SSSR count). The van der Waals surface area contributed by atoms with E-state index in [2.05, 4.69) is 15.9 Å². The van der Waals surface area contributed by atoms with E-state index in [9.17, 15) is 4.79 Å². The standard InChI is InChI=1S/C7H5BrO3.Zn/c8-4-1-2-6(9)5(3-4)7(10)11;/h1-3,9H,(H,10,11);/q;+2. The monoisotopic (exact) mass is 280 g/mol. The molecule has 0 aliphatic heterocycles. The molecular formula is C7H5BrO3Zn+2. The Morgan fingerprint density at radius 1 is 1.42 bits per heavy atom. The van der Waals surface area contributed by atoms with Crippen molar-refractivity contribution in [3.8, 4) is 5.75 Å². The number of carboxylic acids is 1. The molecule has 3 nitrogen and oxygen atoms in total. The van der Waals surface area contributed by atoms with Crippen LogP contribution in [0.3, 0.4) is 0 Å². The first-order valence-corrected chi connectivity index (χ1v) is 3.62. The van der Waals surface area contributed by atoms with Crippen LogP contribution in [0.1, 0.15) is 10.4 Å². The van der Waals surface area contributed by atoms with Crippen LogP contribution < -0.4 is 0 Å². The van der Waals surface area contributed by atoms with Crippen LogP contribution in [0.2, 0.25) is 0 Å². The quantitative estimate of drug-likeness (QED) is 0.773. The number of phenols is 1. The Morgan fingerprint density at radius 3 is 2.42 bits per heavy atom. The summed E-state index contributed by atoms with van der Waals surface area (Å²) in [6.07, 6.45) is 0. The molecular weight excluding hydrogens is 277 g/mol. The van der Waals surface area contributed by atoms with E-state index in [0.717, 1.165) is 0 Å². The fraction of sp³-hybridized carbons (Fsp3) is 0. The molecule has 0 amide bonds. The molecule has 0 radical (unpaired) electrons. The molecule has 0 aliphatic carbocycles. The zero-order valence-electron chi connectivity index (χ0n) is 6.12. The molecule has 0 spiro atoms. The van der Waals surface area contributed by atoms with Gasteiger partial charge in [-0.3, -0.25) is 0 Å². The molecule has 58 valence electrons. The number of aromatic carboxylic acids is 1. The average molecular weight is 282 g/mol. The Balaban J connectivity index is 0.00000121. The molecule has 0 saturated heterocycles. The Labute approximate surface area is 90.3 Å². The van der Waals surface area contributed by atoms with Gasteiger partial charge in [0.25, 0.3) is 0 Å². The van der Waals surface area contributed by atoms with Crippen LogP contribution in [-0.4, -0.2) is 16.2 Å². The molecule has 0 aromatic heterocycles. The minimum Gasteiger partial charge on any atom is -0.507 e. The molecule has 2 N–H and O–H groups in total. The van der Waals surface area contributed by atoms with Gasteiger partial charge in [-0.05, 0) is 18.2 Å². The van der Waals surface area contributed by atoms with Gasteiger partial charge in [-0.1, -0.05) is 15.9 Å². The van der Waals surface area contributed by atoms with Gasteiger partial charge in [0.05, 0.1) is 0 Å². The number of aromatic hydroxyl groups is 1. The predicted molar refractivity (Wildman–Crippen MR) is 42.8 cm³/mol. The topological polar surface area (TPSA) is 57.5 Å². The van der Waals surface area contributed by atoms with E-state index in [0.29, 0.717) is 4.47 Å². The van der Waals surface area contributed by atoms with Gasteiger partial charge in [-0.25, -0.2) is 4.79 Å². The van der Waals surface area contributed by atoms with Crippen molar-refractivity contribution >= 4 is 21.9 Å². The average Bonchev–Trinajstić information content (AvgIpc) is 1.94.